The van der Waals surface area contributed by atoms with E-state index < -0.39 is 49.5 Å². The van der Waals surface area contributed by atoms with Crippen LogP contribution in [0.2, 0.25) is 0 Å². The van der Waals surface area contributed by atoms with E-state index >= 15 is 0 Å². The number of amides is 1. The fraction of sp³-hybridized carbons (Fsp3) is 0.641. The minimum Gasteiger partial charge on any atom is -0.394 e. The fourth-order valence-corrected chi connectivity index (χ4v) is 8.18. The van der Waals surface area contributed by atoms with Crippen LogP contribution in [-0.2, 0) is 14.3 Å². The van der Waals surface area contributed by atoms with E-state index in [0.717, 1.165) is 116 Å². The van der Waals surface area contributed by atoms with Crippen LogP contribution in [0, 0.1) is 0 Å². The Morgan fingerprint density at radius 3 is 1.26 bits per heavy atom. The summed E-state index contributed by atoms with van der Waals surface area (Å²) in [5, 5.41) is 54.3. The van der Waals surface area contributed by atoms with Crippen LogP contribution in [0.5, 0.6) is 0 Å². The summed E-state index contributed by atoms with van der Waals surface area (Å²) in [5.74, 6) is -0.193. The minimum atomic E-state index is -1.57. The molecule has 0 spiro atoms. The lowest BCUT2D eigenvalue weighted by molar-refractivity contribution is -0.302. The van der Waals surface area contributed by atoms with Crippen molar-refractivity contribution in [2.45, 2.75) is 249 Å². The Labute approximate surface area is 445 Å². The number of aliphatic hydroxyl groups excluding tert-OH is 5. The maximum absolute atomic E-state index is 13.0. The maximum atomic E-state index is 13.0. The second kappa shape index (κ2) is 51.8. The smallest absolute Gasteiger partial charge is 0.220 e. The Morgan fingerprint density at radius 1 is 0.479 bits per heavy atom. The highest BCUT2D eigenvalue weighted by Crippen LogP contribution is 2.23. The van der Waals surface area contributed by atoms with Gasteiger partial charge in [0.15, 0.2) is 6.29 Å². The monoisotopic (exact) mass is 1020 g/mol. The number of carbonyl (C=O) groups is 1. The molecule has 0 bridgehead atoms. The largest absolute Gasteiger partial charge is 0.394 e. The summed E-state index contributed by atoms with van der Waals surface area (Å²) >= 11 is 0. The average molecular weight is 1020 g/mol. The molecule has 1 aliphatic rings. The van der Waals surface area contributed by atoms with E-state index in [2.05, 4.69) is 141 Å². The number of allylic oxidation sites excluding steroid dienone is 21. The van der Waals surface area contributed by atoms with Gasteiger partial charge >= 0.3 is 0 Å². The fourth-order valence-electron chi connectivity index (χ4n) is 8.18. The van der Waals surface area contributed by atoms with Crippen molar-refractivity contribution in [3.05, 3.63) is 134 Å². The van der Waals surface area contributed by atoms with E-state index in [0.29, 0.717) is 6.42 Å². The molecule has 0 aromatic carbocycles. The first-order valence-corrected chi connectivity index (χ1v) is 28.9. The third kappa shape index (κ3) is 41.3. The van der Waals surface area contributed by atoms with Crippen molar-refractivity contribution in [1.29, 1.82) is 0 Å². The number of hydrogen-bond donors (Lipinski definition) is 6. The zero-order chi connectivity index (χ0) is 52.9. The molecule has 1 aliphatic heterocycles. The van der Waals surface area contributed by atoms with Gasteiger partial charge in [0.05, 0.1) is 25.4 Å². The van der Waals surface area contributed by atoms with Gasteiger partial charge in [-0.2, -0.15) is 0 Å². The van der Waals surface area contributed by atoms with Gasteiger partial charge in [0.1, 0.15) is 24.4 Å². The Bertz CT molecular complexity index is 1600. The van der Waals surface area contributed by atoms with Crippen molar-refractivity contribution in [3.63, 3.8) is 0 Å². The molecule has 9 heteroatoms. The zero-order valence-electron chi connectivity index (χ0n) is 45.8. The highest BCUT2D eigenvalue weighted by molar-refractivity contribution is 5.76. The van der Waals surface area contributed by atoms with E-state index in [-0.39, 0.29) is 12.5 Å². The van der Waals surface area contributed by atoms with Gasteiger partial charge in [-0.1, -0.05) is 237 Å². The Balaban J connectivity index is 2.15. The second-order valence-corrected chi connectivity index (χ2v) is 19.4. The van der Waals surface area contributed by atoms with Crippen molar-refractivity contribution < 1.29 is 39.8 Å². The van der Waals surface area contributed by atoms with Crippen LogP contribution in [0.15, 0.2) is 134 Å². The molecule has 1 amide bonds. The lowest BCUT2D eigenvalue weighted by atomic mass is 9.99. The summed E-state index contributed by atoms with van der Waals surface area (Å²) in [4.78, 5) is 13.0. The van der Waals surface area contributed by atoms with Crippen LogP contribution >= 0.6 is 0 Å². The van der Waals surface area contributed by atoms with Gasteiger partial charge in [0, 0.05) is 6.42 Å². The number of hydrogen-bond acceptors (Lipinski definition) is 8. The molecule has 7 unspecified atom stereocenters. The molecule has 73 heavy (non-hydrogen) atoms. The standard InChI is InChI=1S/C64H105NO8/c1-3-5-7-9-11-13-15-16-17-18-19-20-21-22-23-24-25-26-27-28-29-30-31-32-33-34-35-36-37-38-39-40-41-42-44-46-48-50-52-54-60(68)65-57(56-72-64-63(71)62(70)61(69)59(55-66)73-64)58(67)53-51-49-47-45-43-14-12-10-8-6-4-2/h5,7,11,13,16-17,19-20,22-23,25-26,28-29,31-32,34-35,37-38,51,53,57-59,61-64,66-67,69-71H,3-4,6,8-10,12,14-15,18,21,24,27,30,33,36,39-50,52,54-56H2,1-2H3,(H,65,68)/b7-5-,13-11-,17-16-,20-19-,23-22-,26-25-,29-28-,32-31-,35-34-,38-37-,53-51+. The van der Waals surface area contributed by atoms with Gasteiger partial charge < -0.3 is 40.3 Å². The molecule has 414 valence electrons. The highest BCUT2D eigenvalue weighted by Gasteiger charge is 2.44. The average Bonchev–Trinajstić information content (AvgIpc) is 3.39. The third-order valence-corrected chi connectivity index (χ3v) is 12.7. The molecule has 1 heterocycles. The molecule has 0 saturated carbocycles. The maximum Gasteiger partial charge on any atom is 0.220 e. The molecule has 1 rings (SSSR count). The number of rotatable bonds is 47. The molecule has 1 saturated heterocycles. The SMILES string of the molecule is CC/C=C\C/C=C\C/C=C\C/C=C\C/C=C\C/C=C\C/C=C\C/C=C\C/C=C\C/C=C\CCCCCCCCCCC(=O)NC(COC1OC(CO)C(O)C(O)C1O)C(O)/C=C/CCCCCCCCCCC. The van der Waals surface area contributed by atoms with Gasteiger partial charge in [0.25, 0.3) is 0 Å². The normalized spacial score (nSPS) is 20.1. The van der Waals surface area contributed by atoms with Gasteiger partial charge in [-0.25, -0.2) is 0 Å². The molecule has 1 fully saturated rings. The number of carbonyl (C=O) groups excluding carboxylic acids is 1. The number of nitrogens with one attached hydrogen (secondary N) is 1. The Morgan fingerprint density at radius 2 is 0.849 bits per heavy atom. The minimum absolute atomic E-state index is 0.193. The highest BCUT2D eigenvalue weighted by atomic mass is 16.7. The summed E-state index contributed by atoms with van der Waals surface area (Å²) in [6, 6.07) is -0.817. The van der Waals surface area contributed by atoms with E-state index in [1.165, 1.54) is 70.6 Å². The lowest BCUT2D eigenvalue weighted by Crippen LogP contribution is -2.60. The summed E-state index contributed by atoms with van der Waals surface area (Å²) in [6.07, 6.45) is 72.4. The van der Waals surface area contributed by atoms with Gasteiger partial charge in [-0.3, -0.25) is 4.79 Å². The molecule has 6 N–H and O–H groups in total. The van der Waals surface area contributed by atoms with Crippen molar-refractivity contribution in [1.82, 2.24) is 5.32 Å². The second-order valence-electron chi connectivity index (χ2n) is 19.4. The number of ether oxygens (including phenoxy) is 2. The summed E-state index contributed by atoms with van der Waals surface area (Å²) in [6.45, 7) is 3.62. The summed E-state index contributed by atoms with van der Waals surface area (Å²) in [7, 11) is 0. The van der Waals surface area contributed by atoms with Crippen molar-refractivity contribution in [2.24, 2.45) is 0 Å². The molecule has 0 aromatic heterocycles. The molecule has 0 aliphatic carbocycles. The zero-order valence-corrected chi connectivity index (χ0v) is 45.8. The Kier molecular flexibility index (Phi) is 47.8. The van der Waals surface area contributed by atoms with Gasteiger partial charge in [0.2, 0.25) is 5.91 Å². The van der Waals surface area contributed by atoms with E-state index in [1.807, 2.05) is 6.08 Å². The summed E-state index contributed by atoms with van der Waals surface area (Å²) < 4.78 is 11.2. The predicted molar refractivity (Wildman–Crippen MR) is 308 cm³/mol. The predicted octanol–water partition coefficient (Wildman–Crippen LogP) is 14.5. The number of unbranched alkanes of at least 4 members (excludes halogenated alkanes) is 17. The molecule has 7 atom stereocenters. The van der Waals surface area contributed by atoms with Crippen molar-refractivity contribution in [2.75, 3.05) is 13.2 Å². The van der Waals surface area contributed by atoms with Gasteiger partial charge in [-0.15, -0.1) is 0 Å². The Hall–Kier alpha value is -3.67. The topological polar surface area (TPSA) is 149 Å². The van der Waals surface area contributed by atoms with Gasteiger partial charge in [-0.05, 0) is 96.3 Å². The molecule has 0 aromatic rings. The van der Waals surface area contributed by atoms with Crippen LogP contribution in [0.1, 0.15) is 206 Å². The lowest BCUT2D eigenvalue weighted by Gasteiger charge is -2.40. The van der Waals surface area contributed by atoms with Crippen molar-refractivity contribution >= 4 is 5.91 Å². The summed E-state index contributed by atoms with van der Waals surface area (Å²) in [5.41, 5.74) is 0. The van der Waals surface area contributed by atoms with E-state index in [4.69, 9.17) is 9.47 Å². The van der Waals surface area contributed by atoms with Crippen LogP contribution in [0.25, 0.3) is 0 Å². The molecular formula is C64H105NO8. The quantitative estimate of drug-likeness (QED) is 0.0261. The number of aliphatic hydroxyl groups is 5. The van der Waals surface area contributed by atoms with E-state index in [9.17, 15) is 30.3 Å². The molecular weight excluding hydrogens is 911 g/mol. The first-order chi connectivity index (χ1) is 35.8. The molecule has 9 nitrogen and oxygen atoms in total. The van der Waals surface area contributed by atoms with Crippen molar-refractivity contribution in [3.8, 4) is 0 Å². The van der Waals surface area contributed by atoms with E-state index in [1.54, 1.807) is 6.08 Å². The first-order valence-electron chi connectivity index (χ1n) is 28.9. The third-order valence-electron chi connectivity index (χ3n) is 12.7. The first kappa shape index (κ1) is 67.3. The van der Waals surface area contributed by atoms with Crippen LogP contribution < -0.4 is 5.32 Å². The van der Waals surface area contributed by atoms with Crippen LogP contribution in [0.3, 0.4) is 0 Å². The van der Waals surface area contributed by atoms with Crippen LogP contribution in [-0.4, -0.2) is 87.5 Å². The molecule has 0 radical (unpaired) electrons. The van der Waals surface area contributed by atoms with Crippen LogP contribution in [0.4, 0.5) is 0 Å².